The van der Waals surface area contributed by atoms with Crippen molar-refractivity contribution in [3.8, 4) is 28.7 Å². The molecule has 6 N–H and O–H groups in total. The average molecular weight is 464 g/mol. The van der Waals surface area contributed by atoms with E-state index >= 15 is 0 Å². The average Bonchev–Trinajstić information content (AvgIpc) is 2.78. The molecule has 2 aliphatic heterocycles. The van der Waals surface area contributed by atoms with E-state index in [1.807, 2.05) is 0 Å². The molecule has 0 radical (unpaired) electrons. The molecule has 0 amide bonds. The maximum absolute atomic E-state index is 13.0. The maximum Gasteiger partial charge on any atom is 0.229 e. The van der Waals surface area contributed by atoms with Crippen LogP contribution in [-0.2, 0) is 4.74 Å². The highest BCUT2D eigenvalue weighted by Crippen LogP contribution is 2.44. The Morgan fingerprint density at radius 1 is 1.03 bits per heavy atom. The van der Waals surface area contributed by atoms with Gasteiger partial charge in [0.25, 0.3) is 0 Å². The van der Waals surface area contributed by atoms with Crippen LogP contribution in [0.1, 0.15) is 28.4 Å². The molecule has 0 unspecified atom stereocenters. The van der Waals surface area contributed by atoms with Crippen LogP contribution < -0.4 is 14.2 Å². The van der Waals surface area contributed by atoms with Gasteiger partial charge in [-0.1, -0.05) is 6.07 Å². The Kier molecular flexibility index (Phi) is 6.32. The number of ether oxygens (including phenoxy) is 4. The summed E-state index contributed by atoms with van der Waals surface area (Å²) >= 11 is 0. The van der Waals surface area contributed by atoms with Gasteiger partial charge in [-0.25, -0.2) is 0 Å². The molecule has 2 heterocycles. The Bertz CT molecular complexity index is 1040. The molecule has 11 heteroatoms. The molecule has 0 aliphatic carbocycles. The molecule has 2 aromatic carbocycles. The number of aliphatic hydroxyl groups is 4. The molecule has 2 aromatic rings. The van der Waals surface area contributed by atoms with Crippen molar-refractivity contribution in [1.82, 2.24) is 0 Å². The van der Waals surface area contributed by atoms with Gasteiger partial charge in [-0.15, -0.1) is 0 Å². The number of hydrogen-bond donors (Lipinski definition) is 6. The van der Waals surface area contributed by atoms with Crippen LogP contribution in [0.2, 0.25) is 0 Å². The number of hydrogen-bond acceptors (Lipinski definition) is 11. The summed E-state index contributed by atoms with van der Waals surface area (Å²) in [5, 5.41) is 59.7. The zero-order valence-corrected chi connectivity index (χ0v) is 17.5. The second kappa shape index (κ2) is 9.04. The molecule has 1 saturated heterocycles. The predicted octanol–water partition coefficient (Wildman–Crippen LogP) is -0.00840. The molecule has 178 valence electrons. The van der Waals surface area contributed by atoms with Crippen molar-refractivity contribution in [1.29, 1.82) is 0 Å². The number of methoxy groups -OCH3 is 1. The van der Waals surface area contributed by atoms with Crippen molar-refractivity contribution < 1.29 is 54.4 Å². The quantitative estimate of drug-likeness (QED) is 0.351. The van der Waals surface area contributed by atoms with Gasteiger partial charge in [0.05, 0.1) is 20.1 Å². The molecule has 33 heavy (non-hydrogen) atoms. The summed E-state index contributed by atoms with van der Waals surface area (Å²) in [6.45, 7) is -0.651. The molecule has 0 saturated carbocycles. The number of ketones is 1. The molecule has 6 atom stereocenters. The number of phenolic OH excluding ortho intramolecular Hbond substituents is 2. The first-order chi connectivity index (χ1) is 15.7. The zero-order chi connectivity index (χ0) is 23.9. The largest absolute Gasteiger partial charge is 0.508 e. The van der Waals surface area contributed by atoms with Gasteiger partial charge in [0.2, 0.25) is 6.29 Å². The lowest BCUT2D eigenvalue weighted by molar-refractivity contribution is -0.277. The molecular formula is C22H24O11. The van der Waals surface area contributed by atoms with Gasteiger partial charge < -0.3 is 49.6 Å². The number of carbonyl (C=O) groups is 1. The monoisotopic (exact) mass is 464 g/mol. The third-order valence-corrected chi connectivity index (χ3v) is 5.64. The summed E-state index contributed by atoms with van der Waals surface area (Å²) in [5.41, 5.74) is 0.491. The normalized spacial score (nSPS) is 29.2. The summed E-state index contributed by atoms with van der Waals surface area (Å²) in [6.07, 6.45) is -8.58. The summed E-state index contributed by atoms with van der Waals surface area (Å²) in [6, 6.07) is 6.93. The summed E-state index contributed by atoms with van der Waals surface area (Å²) < 4.78 is 21.8. The molecule has 11 nitrogen and oxygen atoms in total. The summed E-state index contributed by atoms with van der Waals surface area (Å²) in [4.78, 5) is 13.0. The highest BCUT2D eigenvalue weighted by molar-refractivity contribution is 6.02. The first-order valence-corrected chi connectivity index (χ1v) is 10.1. The van der Waals surface area contributed by atoms with Crippen LogP contribution in [0.5, 0.6) is 28.7 Å². The number of fused-ring (bicyclic) bond motifs is 1. The second-order valence-electron chi connectivity index (χ2n) is 7.80. The van der Waals surface area contributed by atoms with Crippen LogP contribution in [0.25, 0.3) is 0 Å². The number of carbonyl (C=O) groups excluding carboxylic acids is 1. The maximum atomic E-state index is 13.0. The first kappa shape index (κ1) is 23.1. The number of rotatable bonds is 5. The van der Waals surface area contributed by atoms with Crippen LogP contribution in [0.4, 0.5) is 0 Å². The smallest absolute Gasteiger partial charge is 0.229 e. The van der Waals surface area contributed by atoms with Crippen molar-refractivity contribution in [2.45, 2.75) is 43.2 Å². The molecular weight excluding hydrogens is 440 g/mol. The number of aliphatic hydroxyl groups excluding tert-OH is 4. The van der Waals surface area contributed by atoms with Crippen molar-refractivity contribution in [2.75, 3.05) is 13.7 Å². The van der Waals surface area contributed by atoms with Crippen molar-refractivity contribution in [3.05, 3.63) is 41.5 Å². The molecule has 1 fully saturated rings. The molecule has 4 rings (SSSR count). The van der Waals surface area contributed by atoms with Gasteiger partial charge in [-0.3, -0.25) is 4.79 Å². The van der Waals surface area contributed by atoms with Gasteiger partial charge in [-0.05, 0) is 17.7 Å². The Balaban J connectivity index is 1.63. The van der Waals surface area contributed by atoms with Crippen molar-refractivity contribution in [2.24, 2.45) is 0 Å². The summed E-state index contributed by atoms with van der Waals surface area (Å²) in [7, 11) is 1.41. The van der Waals surface area contributed by atoms with E-state index in [4.69, 9.17) is 18.9 Å². The standard InChI is InChI=1S/C22H24O11/c1-30-13-3-2-9(4-11(13)25)14-7-12(26)18-15(31-14)5-10(24)6-16(18)32-22-21(29)20(28)19(27)17(8-23)33-22/h2-6,14,17,19-25,27-29H,7-8H2,1H3/t14-,17-,19+,20-,21+,22+/m0/s1. The molecule has 2 aliphatic rings. The SMILES string of the molecule is COc1ccc([C@@H]2CC(=O)c3c(O[C@@H]4O[C@@H](CO)[C@@H](O)[C@H](O)[C@H]4O)cc(O)cc3O2)cc1O. The van der Waals surface area contributed by atoms with Crippen LogP contribution >= 0.6 is 0 Å². The van der Waals surface area contributed by atoms with E-state index in [9.17, 15) is 35.4 Å². The van der Waals surface area contributed by atoms with E-state index in [1.165, 1.54) is 25.3 Å². The lowest BCUT2D eigenvalue weighted by atomic mass is 9.95. The fraction of sp³-hybridized carbons (Fsp3) is 0.409. The Hall–Kier alpha value is -3.09. The number of benzene rings is 2. The minimum Gasteiger partial charge on any atom is -0.508 e. The van der Waals surface area contributed by atoms with Crippen LogP contribution in [0, 0.1) is 0 Å². The van der Waals surface area contributed by atoms with Crippen LogP contribution in [-0.4, -0.2) is 80.8 Å². The fourth-order valence-electron chi connectivity index (χ4n) is 3.89. The van der Waals surface area contributed by atoms with E-state index in [2.05, 4.69) is 0 Å². The molecule has 0 aromatic heterocycles. The fourth-order valence-corrected chi connectivity index (χ4v) is 3.89. The van der Waals surface area contributed by atoms with E-state index < -0.39 is 49.2 Å². The highest BCUT2D eigenvalue weighted by atomic mass is 16.7. The topological polar surface area (TPSA) is 175 Å². The third kappa shape index (κ3) is 4.28. The number of aromatic hydroxyl groups is 2. The Morgan fingerprint density at radius 3 is 2.45 bits per heavy atom. The lowest BCUT2D eigenvalue weighted by Crippen LogP contribution is -2.60. The van der Waals surface area contributed by atoms with Gasteiger partial charge in [0, 0.05) is 12.1 Å². The number of Topliss-reactive ketones (excluding diaryl/α,β-unsaturated/α-hetero) is 1. The third-order valence-electron chi connectivity index (χ3n) is 5.64. The van der Waals surface area contributed by atoms with Gasteiger partial charge in [0.1, 0.15) is 53.3 Å². The lowest BCUT2D eigenvalue weighted by Gasteiger charge is -2.40. The van der Waals surface area contributed by atoms with Crippen molar-refractivity contribution in [3.63, 3.8) is 0 Å². The zero-order valence-electron chi connectivity index (χ0n) is 17.5. The van der Waals surface area contributed by atoms with Gasteiger partial charge in [-0.2, -0.15) is 0 Å². The minimum atomic E-state index is -1.70. The number of phenols is 2. The van der Waals surface area contributed by atoms with Gasteiger partial charge in [0.15, 0.2) is 17.3 Å². The minimum absolute atomic E-state index is 0.00569. The second-order valence-corrected chi connectivity index (χ2v) is 7.80. The Labute approximate surface area is 188 Å². The van der Waals surface area contributed by atoms with E-state index in [-0.39, 0.29) is 40.7 Å². The summed E-state index contributed by atoms with van der Waals surface area (Å²) in [5.74, 6) is -0.745. The molecule has 0 bridgehead atoms. The van der Waals surface area contributed by atoms with E-state index in [1.54, 1.807) is 6.07 Å². The molecule has 0 spiro atoms. The Morgan fingerprint density at radius 2 is 1.79 bits per heavy atom. The van der Waals surface area contributed by atoms with Crippen molar-refractivity contribution >= 4 is 5.78 Å². The predicted molar refractivity (Wildman–Crippen MR) is 109 cm³/mol. The first-order valence-electron chi connectivity index (χ1n) is 10.1. The van der Waals surface area contributed by atoms with Gasteiger partial charge >= 0.3 is 0 Å². The van der Waals surface area contributed by atoms with E-state index in [0.717, 1.165) is 6.07 Å². The van der Waals surface area contributed by atoms with Crippen LogP contribution in [0.15, 0.2) is 30.3 Å². The van der Waals surface area contributed by atoms with E-state index in [0.29, 0.717) is 5.56 Å². The highest BCUT2D eigenvalue weighted by Gasteiger charge is 2.45. The van der Waals surface area contributed by atoms with Crippen LogP contribution in [0.3, 0.4) is 0 Å².